The molecule has 140 valence electrons. The Labute approximate surface area is 160 Å². The molecule has 1 unspecified atom stereocenters. The van der Waals surface area contributed by atoms with Gasteiger partial charge in [0.15, 0.2) is 5.82 Å². The number of nitrogens with one attached hydrogen (secondary N) is 1. The molecule has 0 aliphatic carbocycles. The van der Waals surface area contributed by atoms with Gasteiger partial charge in [-0.1, -0.05) is 31.5 Å². The van der Waals surface area contributed by atoms with Gasteiger partial charge in [-0.3, -0.25) is 0 Å². The zero-order chi connectivity index (χ0) is 18.1. The quantitative estimate of drug-likeness (QED) is 0.866. The van der Waals surface area contributed by atoms with Crippen LogP contribution >= 0.6 is 11.6 Å². The average molecular weight is 374 g/mol. The van der Waals surface area contributed by atoms with Gasteiger partial charge >= 0.3 is 0 Å². The number of anilines is 1. The number of hydrogen-bond acceptors (Lipinski definition) is 4. The molecule has 1 aromatic carbocycles. The molecule has 1 fully saturated rings. The molecular weight excluding hydrogens is 346 g/mol. The van der Waals surface area contributed by atoms with E-state index in [1.807, 2.05) is 6.07 Å². The van der Waals surface area contributed by atoms with Crippen molar-refractivity contribution >= 4 is 17.3 Å². The van der Waals surface area contributed by atoms with Crippen molar-refractivity contribution in [1.29, 1.82) is 0 Å². The van der Waals surface area contributed by atoms with Crippen LogP contribution in [0.25, 0.3) is 0 Å². The minimum absolute atomic E-state index is 0.380. The summed E-state index contributed by atoms with van der Waals surface area (Å²) in [5, 5.41) is 9.27. The molecule has 0 saturated carbocycles. The van der Waals surface area contributed by atoms with E-state index >= 15 is 0 Å². The van der Waals surface area contributed by atoms with Gasteiger partial charge in [0.25, 0.3) is 0 Å². The molecule has 0 amide bonds. The van der Waals surface area contributed by atoms with Crippen molar-refractivity contribution in [2.24, 2.45) is 0 Å². The van der Waals surface area contributed by atoms with Crippen LogP contribution in [0, 0.1) is 0 Å². The Bertz CT molecular complexity index is 764. The van der Waals surface area contributed by atoms with Gasteiger partial charge in [0, 0.05) is 54.3 Å². The Morgan fingerprint density at radius 1 is 1.27 bits per heavy atom. The van der Waals surface area contributed by atoms with Crippen LogP contribution < -0.4 is 10.2 Å². The third-order valence-corrected chi connectivity index (χ3v) is 5.85. The molecule has 4 rings (SSSR count). The molecule has 2 aliphatic heterocycles. The van der Waals surface area contributed by atoms with Crippen molar-refractivity contribution in [2.75, 3.05) is 18.0 Å². The molecule has 5 nitrogen and oxygen atoms in total. The molecule has 1 aromatic heterocycles. The second-order valence-electron chi connectivity index (χ2n) is 7.77. The largest absolute Gasteiger partial charge is 0.371 e. The summed E-state index contributed by atoms with van der Waals surface area (Å²) in [7, 11) is 0. The number of fused-ring (bicyclic) bond motifs is 1. The van der Waals surface area contributed by atoms with Crippen LogP contribution in [-0.4, -0.2) is 33.9 Å². The predicted molar refractivity (Wildman–Crippen MR) is 106 cm³/mol. The van der Waals surface area contributed by atoms with Gasteiger partial charge in [-0.05, 0) is 31.4 Å². The summed E-state index contributed by atoms with van der Waals surface area (Å²) in [6.07, 6.45) is 4.63. The maximum atomic E-state index is 6.55. The van der Waals surface area contributed by atoms with E-state index in [0.717, 1.165) is 55.7 Å². The van der Waals surface area contributed by atoms with Crippen molar-refractivity contribution in [3.63, 3.8) is 0 Å². The first-order chi connectivity index (χ1) is 12.6. The van der Waals surface area contributed by atoms with E-state index in [4.69, 9.17) is 11.6 Å². The fourth-order valence-electron chi connectivity index (χ4n) is 3.96. The summed E-state index contributed by atoms with van der Waals surface area (Å²) in [5.41, 5.74) is 2.52. The lowest BCUT2D eigenvalue weighted by Gasteiger charge is -2.26. The number of nitrogens with zero attached hydrogens (tertiary/aromatic N) is 4. The summed E-state index contributed by atoms with van der Waals surface area (Å²) < 4.78 is 2.09. The maximum absolute atomic E-state index is 6.55. The molecule has 0 spiro atoms. The molecule has 0 bridgehead atoms. The van der Waals surface area contributed by atoms with Crippen LogP contribution in [0.5, 0.6) is 0 Å². The second kappa shape index (κ2) is 7.57. The molecule has 1 atom stereocenters. The van der Waals surface area contributed by atoms with Crippen molar-refractivity contribution < 1.29 is 0 Å². The normalized spacial score (nSPS) is 20.0. The Kier molecular flexibility index (Phi) is 5.18. The lowest BCUT2D eigenvalue weighted by Crippen LogP contribution is -2.37. The van der Waals surface area contributed by atoms with E-state index in [9.17, 15) is 0 Å². The zero-order valence-electron chi connectivity index (χ0n) is 15.7. The monoisotopic (exact) mass is 373 g/mol. The van der Waals surface area contributed by atoms with Crippen LogP contribution in [-0.2, 0) is 19.5 Å². The average Bonchev–Trinajstić information content (AvgIpc) is 3.29. The molecule has 26 heavy (non-hydrogen) atoms. The Morgan fingerprint density at radius 2 is 2.08 bits per heavy atom. The highest BCUT2D eigenvalue weighted by atomic mass is 35.5. The van der Waals surface area contributed by atoms with Gasteiger partial charge < -0.3 is 10.2 Å². The lowest BCUT2D eigenvalue weighted by atomic mass is 10.1. The summed E-state index contributed by atoms with van der Waals surface area (Å²) in [6, 6.07) is 6.69. The summed E-state index contributed by atoms with van der Waals surface area (Å²) in [6.45, 7) is 8.26. The first-order valence-corrected chi connectivity index (χ1v) is 10.2. The molecule has 3 heterocycles. The van der Waals surface area contributed by atoms with Crippen LogP contribution in [0.4, 0.5) is 5.69 Å². The number of aromatic nitrogens is 3. The molecule has 0 radical (unpaired) electrons. The summed E-state index contributed by atoms with van der Waals surface area (Å²) >= 11 is 6.55. The molecule has 1 N–H and O–H groups in total. The fourth-order valence-corrected chi connectivity index (χ4v) is 4.20. The van der Waals surface area contributed by atoms with Gasteiger partial charge in [-0.15, -0.1) is 0 Å². The first kappa shape index (κ1) is 17.8. The summed E-state index contributed by atoms with van der Waals surface area (Å²) in [5.74, 6) is 2.47. The second-order valence-corrected chi connectivity index (χ2v) is 8.18. The first-order valence-electron chi connectivity index (χ1n) is 9.81. The van der Waals surface area contributed by atoms with Gasteiger partial charge in [-0.25, -0.2) is 9.67 Å². The van der Waals surface area contributed by atoms with Crippen molar-refractivity contribution in [3.05, 3.63) is 40.4 Å². The molecule has 1 saturated heterocycles. The van der Waals surface area contributed by atoms with E-state index in [1.165, 1.54) is 24.1 Å². The van der Waals surface area contributed by atoms with Crippen LogP contribution in [0.1, 0.15) is 56.2 Å². The topological polar surface area (TPSA) is 46.0 Å². The molecule has 2 aliphatic rings. The fraction of sp³-hybridized carbons (Fsp3) is 0.600. The molecule has 2 aromatic rings. The number of halogens is 1. The molecular formula is C20H28ClN5. The highest BCUT2D eigenvalue weighted by Crippen LogP contribution is 2.30. The van der Waals surface area contributed by atoms with E-state index < -0.39 is 0 Å². The lowest BCUT2D eigenvalue weighted by molar-refractivity contribution is 0.357. The van der Waals surface area contributed by atoms with Gasteiger partial charge in [0.1, 0.15) is 5.82 Å². The Balaban J connectivity index is 1.45. The standard InChI is InChI=1S/C20H28ClN5/c1-14(2)20-23-19-9-8-15(13-26(19)24-20)22-12-16-17(21)6-5-7-18(16)25-10-3-4-11-25/h5-7,14-15,22H,3-4,8-13H2,1-2H3. The van der Waals surface area contributed by atoms with Crippen LogP contribution in [0.2, 0.25) is 5.02 Å². The predicted octanol–water partition coefficient (Wildman–Crippen LogP) is 3.76. The Hall–Kier alpha value is -1.59. The number of rotatable bonds is 5. The third-order valence-electron chi connectivity index (χ3n) is 5.50. The third kappa shape index (κ3) is 3.60. The van der Waals surface area contributed by atoms with E-state index in [2.05, 4.69) is 51.0 Å². The van der Waals surface area contributed by atoms with Gasteiger partial charge in [-0.2, -0.15) is 5.10 Å². The van der Waals surface area contributed by atoms with Gasteiger partial charge in [0.2, 0.25) is 0 Å². The van der Waals surface area contributed by atoms with Crippen molar-refractivity contribution in [2.45, 2.75) is 64.6 Å². The van der Waals surface area contributed by atoms with Crippen LogP contribution in [0.15, 0.2) is 18.2 Å². The van der Waals surface area contributed by atoms with Gasteiger partial charge in [0.05, 0.1) is 6.54 Å². The van der Waals surface area contributed by atoms with E-state index in [1.54, 1.807) is 0 Å². The zero-order valence-corrected chi connectivity index (χ0v) is 16.5. The minimum atomic E-state index is 0.380. The summed E-state index contributed by atoms with van der Waals surface area (Å²) in [4.78, 5) is 7.15. The van der Waals surface area contributed by atoms with E-state index in [-0.39, 0.29) is 0 Å². The highest BCUT2D eigenvalue weighted by molar-refractivity contribution is 6.31. The number of benzene rings is 1. The number of aryl methyl sites for hydroxylation is 1. The van der Waals surface area contributed by atoms with Crippen LogP contribution in [0.3, 0.4) is 0 Å². The maximum Gasteiger partial charge on any atom is 0.153 e. The van der Waals surface area contributed by atoms with Crippen molar-refractivity contribution in [3.8, 4) is 0 Å². The Morgan fingerprint density at radius 3 is 2.85 bits per heavy atom. The van der Waals surface area contributed by atoms with E-state index in [0.29, 0.717) is 12.0 Å². The molecule has 6 heteroatoms. The smallest absolute Gasteiger partial charge is 0.153 e. The SMILES string of the molecule is CC(C)c1nc2n(n1)CC(NCc1c(Cl)cccc1N1CCCC1)CC2. The minimum Gasteiger partial charge on any atom is -0.371 e. The highest BCUT2D eigenvalue weighted by Gasteiger charge is 2.23. The number of hydrogen-bond donors (Lipinski definition) is 1. The van der Waals surface area contributed by atoms with Crippen molar-refractivity contribution in [1.82, 2.24) is 20.1 Å².